The molecule has 3 nitrogen and oxygen atoms in total. The number of aromatic nitrogens is 1. The van der Waals surface area contributed by atoms with E-state index in [9.17, 15) is 0 Å². The summed E-state index contributed by atoms with van der Waals surface area (Å²) in [5.74, 6) is 0.849. The third kappa shape index (κ3) is 3.44. The summed E-state index contributed by atoms with van der Waals surface area (Å²) in [7, 11) is 1.67. The molecule has 2 aromatic carbocycles. The Hall–Kier alpha value is -2.33. The zero-order valence-electron chi connectivity index (χ0n) is 14.0. The zero-order chi connectivity index (χ0) is 17.1. The third-order valence-electron chi connectivity index (χ3n) is 3.88. The van der Waals surface area contributed by atoms with Gasteiger partial charge in [-0.25, -0.2) is 0 Å². The van der Waals surface area contributed by atoms with Crippen molar-refractivity contribution >= 4 is 27.8 Å². The molecular formula is C20H19BrN2O. The van der Waals surface area contributed by atoms with Crippen LogP contribution in [0.3, 0.4) is 0 Å². The van der Waals surface area contributed by atoms with Crippen molar-refractivity contribution in [3.05, 3.63) is 76.0 Å². The Morgan fingerprint density at radius 1 is 1.00 bits per heavy atom. The first-order valence-corrected chi connectivity index (χ1v) is 8.51. The number of ether oxygens (including phenoxy) is 1. The lowest BCUT2D eigenvalue weighted by Gasteiger charge is -2.10. The van der Waals surface area contributed by atoms with Gasteiger partial charge in [0.2, 0.25) is 0 Å². The Morgan fingerprint density at radius 2 is 1.75 bits per heavy atom. The molecule has 0 unspecified atom stereocenters. The number of hydrogen-bond acceptors (Lipinski definition) is 2. The molecule has 1 aromatic heterocycles. The van der Waals surface area contributed by atoms with Crippen LogP contribution in [0.4, 0.5) is 5.69 Å². The smallest absolute Gasteiger partial charge is 0.119 e. The number of hydrogen-bond donors (Lipinski definition) is 0. The lowest BCUT2D eigenvalue weighted by molar-refractivity contribution is 0.414. The van der Waals surface area contributed by atoms with Gasteiger partial charge in [0.15, 0.2) is 0 Å². The lowest BCUT2D eigenvalue weighted by atomic mass is 10.2. The number of methoxy groups -OCH3 is 1. The first kappa shape index (κ1) is 16.5. The minimum atomic E-state index is 0.849. The number of aryl methyl sites for hydroxylation is 2. The van der Waals surface area contributed by atoms with Crippen molar-refractivity contribution in [3.63, 3.8) is 0 Å². The molecule has 0 bridgehead atoms. The fourth-order valence-electron chi connectivity index (χ4n) is 2.60. The molecule has 0 N–H and O–H groups in total. The van der Waals surface area contributed by atoms with Crippen molar-refractivity contribution in [2.45, 2.75) is 13.8 Å². The van der Waals surface area contributed by atoms with Crippen LogP contribution in [0.5, 0.6) is 5.75 Å². The fraction of sp³-hybridized carbons (Fsp3) is 0.150. The van der Waals surface area contributed by atoms with Crippen LogP contribution in [0.15, 0.2) is 64.1 Å². The highest BCUT2D eigenvalue weighted by atomic mass is 79.9. The van der Waals surface area contributed by atoms with E-state index in [1.165, 1.54) is 5.56 Å². The molecule has 0 radical (unpaired) electrons. The second kappa shape index (κ2) is 7.05. The quantitative estimate of drug-likeness (QED) is 0.538. The highest BCUT2D eigenvalue weighted by molar-refractivity contribution is 9.10. The van der Waals surface area contributed by atoms with Gasteiger partial charge in [0, 0.05) is 15.9 Å². The van der Waals surface area contributed by atoms with Crippen molar-refractivity contribution in [2.75, 3.05) is 7.11 Å². The third-order valence-corrected chi connectivity index (χ3v) is 4.51. The van der Waals surface area contributed by atoms with Crippen molar-refractivity contribution in [1.29, 1.82) is 0 Å². The maximum Gasteiger partial charge on any atom is 0.119 e. The van der Waals surface area contributed by atoms with Gasteiger partial charge in [0.25, 0.3) is 0 Å². The van der Waals surface area contributed by atoms with E-state index in [2.05, 4.69) is 63.6 Å². The van der Waals surface area contributed by atoms with E-state index in [0.29, 0.717) is 0 Å². The first-order valence-electron chi connectivity index (χ1n) is 7.71. The predicted octanol–water partition coefficient (Wildman–Crippen LogP) is 5.62. The molecule has 3 rings (SSSR count). The summed E-state index contributed by atoms with van der Waals surface area (Å²) in [5, 5.41) is 0. The molecule has 0 fully saturated rings. The zero-order valence-corrected chi connectivity index (χ0v) is 15.5. The Balaban J connectivity index is 1.96. The number of benzene rings is 2. The van der Waals surface area contributed by atoms with Crippen LogP contribution in [-0.4, -0.2) is 17.9 Å². The summed E-state index contributed by atoms with van der Waals surface area (Å²) >= 11 is 3.57. The monoisotopic (exact) mass is 382 g/mol. The molecule has 0 saturated carbocycles. The SMILES string of the molecule is COc1ccc(-n2c(C)ccc2C=Nc2ccc(C)cc2Br)cc1. The van der Waals surface area contributed by atoms with E-state index < -0.39 is 0 Å². The van der Waals surface area contributed by atoms with E-state index in [0.717, 1.165) is 33.0 Å². The van der Waals surface area contributed by atoms with Gasteiger partial charge in [-0.3, -0.25) is 4.99 Å². The largest absolute Gasteiger partial charge is 0.497 e. The molecular weight excluding hydrogens is 364 g/mol. The number of halogens is 1. The van der Waals surface area contributed by atoms with Crippen LogP contribution in [-0.2, 0) is 0 Å². The van der Waals surface area contributed by atoms with Gasteiger partial charge in [-0.15, -0.1) is 0 Å². The normalized spacial score (nSPS) is 11.2. The Morgan fingerprint density at radius 3 is 2.42 bits per heavy atom. The molecule has 0 atom stereocenters. The molecule has 0 spiro atoms. The van der Waals surface area contributed by atoms with Gasteiger partial charge in [-0.1, -0.05) is 6.07 Å². The van der Waals surface area contributed by atoms with Gasteiger partial charge < -0.3 is 9.30 Å². The lowest BCUT2D eigenvalue weighted by Crippen LogP contribution is -2.01. The van der Waals surface area contributed by atoms with Crippen LogP contribution in [0.2, 0.25) is 0 Å². The topological polar surface area (TPSA) is 26.5 Å². The summed E-state index contributed by atoms with van der Waals surface area (Å²) in [5.41, 5.74) is 5.40. The van der Waals surface area contributed by atoms with Gasteiger partial charge in [-0.05, 0) is 83.9 Å². The van der Waals surface area contributed by atoms with Crippen LogP contribution in [0, 0.1) is 13.8 Å². The number of aliphatic imine (C=N–C) groups is 1. The maximum atomic E-state index is 5.23. The molecule has 0 aliphatic heterocycles. The summed E-state index contributed by atoms with van der Waals surface area (Å²) in [6.07, 6.45) is 1.90. The highest BCUT2D eigenvalue weighted by Crippen LogP contribution is 2.26. The second-order valence-electron chi connectivity index (χ2n) is 5.65. The molecule has 0 aliphatic rings. The summed E-state index contributed by atoms with van der Waals surface area (Å²) in [6, 6.07) is 18.3. The van der Waals surface area contributed by atoms with Crippen molar-refractivity contribution in [2.24, 2.45) is 4.99 Å². The van der Waals surface area contributed by atoms with Gasteiger partial charge in [0.05, 0.1) is 24.7 Å². The van der Waals surface area contributed by atoms with Gasteiger partial charge >= 0.3 is 0 Å². The van der Waals surface area contributed by atoms with Crippen LogP contribution in [0.25, 0.3) is 5.69 Å². The minimum Gasteiger partial charge on any atom is -0.497 e. The Kier molecular flexibility index (Phi) is 4.86. The van der Waals surface area contributed by atoms with Gasteiger partial charge in [0.1, 0.15) is 5.75 Å². The van der Waals surface area contributed by atoms with Crippen LogP contribution in [0.1, 0.15) is 17.0 Å². The molecule has 122 valence electrons. The summed E-state index contributed by atoms with van der Waals surface area (Å²) in [6.45, 7) is 4.15. The standard InChI is InChI=1S/C20H19BrN2O/c1-14-4-11-20(19(21)12-14)22-13-17-6-5-15(2)23(17)16-7-9-18(24-3)10-8-16/h4-13H,1-3H3. The van der Waals surface area contributed by atoms with E-state index in [1.54, 1.807) is 7.11 Å². The summed E-state index contributed by atoms with van der Waals surface area (Å²) < 4.78 is 8.40. The van der Waals surface area contributed by atoms with E-state index >= 15 is 0 Å². The minimum absolute atomic E-state index is 0.849. The van der Waals surface area contributed by atoms with E-state index in [4.69, 9.17) is 4.74 Å². The molecule has 3 aromatic rings. The summed E-state index contributed by atoms with van der Waals surface area (Å²) in [4.78, 5) is 4.63. The molecule has 0 saturated heterocycles. The van der Waals surface area contributed by atoms with E-state index in [-0.39, 0.29) is 0 Å². The van der Waals surface area contributed by atoms with Gasteiger partial charge in [-0.2, -0.15) is 0 Å². The predicted molar refractivity (Wildman–Crippen MR) is 103 cm³/mol. The number of nitrogens with zero attached hydrogens (tertiary/aromatic N) is 2. The number of rotatable bonds is 4. The average Bonchev–Trinajstić information content (AvgIpc) is 2.95. The molecule has 4 heteroatoms. The van der Waals surface area contributed by atoms with Crippen molar-refractivity contribution in [3.8, 4) is 11.4 Å². The fourth-order valence-corrected chi connectivity index (χ4v) is 3.19. The van der Waals surface area contributed by atoms with Crippen LogP contribution < -0.4 is 4.74 Å². The first-order chi connectivity index (χ1) is 11.6. The molecule has 24 heavy (non-hydrogen) atoms. The maximum absolute atomic E-state index is 5.23. The highest BCUT2D eigenvalue weighted by Gasteiger charge is 2.06. The Bertz CT molecular complexity index is 879. The molecule has 0 amide bonds. The van der Waals surface area contributed by atoms with Crippen molar-refractivity contribution in [1.82, 2.24) is 4.57 Å². The Labute approximate surface area is 150 Å². The average molecular weight is 383 g/mol. The molecule has 0 aliphatic carbocycles. The van der Waals surface area contributed by atoms with Crippen LogP contribution >= 0.6 is 15.9 Å². The molecule has 1 heterocycles. The van der Waals surface area contributed by atoms with E-state index in [1.807, 2.05) is 36.5 Å². The second-order valence-corrected chi connectivity index (χ2v) is 6.50. The van der Waals surface area contributed by atoms with Crippen molar-refractivity contribution < 1.29 is 4.74 Å².